The number of carbonyl (C=O) groups excluding carboxylic acids is 3. The summed E-state index contributed by atoms with van der Waals surface area (Å²) >= 11 is 5.94. The van der Waals surface area contributed by atoms with Crippen LogP contribution in [-0.2, 0) is 19.1 Å². The number of ether oxygens (including phenoxy) is 1. The highest BCUT2D eigenvalue weighted by Gasteiger charge is 2.16. The fourth-order valence-electron chi connectivity index (χ4n) is 2.91. The molecule has 142 valence electrons. The molecule has 0 bridgehead atoms. The molecule has 1 aromatic carbocycles. The molecule has 1 saturated carbocycles. The van der Waals surface area contributed by atoms with Crippen LogP contribution in [0.3, 0.4) is 0 Å². The average molecular weight is 381 g/mol. The number of anilines is 1. The summed E-state index contributed by atoms with van der Waals surface area (Å²) in [5.74, 6) is -0.979. The average Bonchev–Trinajstić information content (AvgIpc) is 2.63. The van der Waals surface area contributed by atoms with E-state index in [0.717, 1.165) is 25.7 Å². The zero-order valence-electron chi connectivity index (χ0n) is 14.8. The molecule has 1 aliphatic rings. The molecule has 1 aromatic rings. The van der Waals surface area contributed by atoms with Crippen molar-refractivity contribution in [2.75, 3.05) is 11.9 Å². The van der Waals surface area contributed by atoms with Gasteiger partial charge in [-0.2, -0.15) is 0 Å². The molecule has 2 amide bonds. The predicted octanol–water partition coefficient (Wildman–Crippen LogP) is 3.44. The van der Waals surface area contributed by atoms with Crippen LogP contribution in [0.4, 0.5) is 5.69 Å². The van der Waals surface area contributed by atoms with E-state index in [1.165, 1.54) is 6.42 Å². The number of halogens is 1. The maximum atomic E-state index is 11.9. The van der Waals surface area contributed by atoms with Crippen LogP contribution in [0.5, 0.6) is 0 Å². The largest absolute Gasteiger partial charge is 0.456 e. The van der Waals surface area contributed by atoms with Crippen LogP contribution in [-0.4, -0.2) is 30.4 Å². The van der Waals surface area contributed by atoms with Gasteiger partial charge in [0.2, 0.25) is 5.91 Å². The molecular weight excluding hydrogens is 356 g/mol. The van der Waals surface area contributed by atoms with E-state index in [2.05, 4.69) is 10.6 Å². The molecule has 0 heterocycles. The Morgan fingerprint density at radius 1 is 1.04 bits per heavy atom. The second kappa shape index (κ2) is 10.8. The Hall–Kier alpha value is -2.08. The van der Waals surface area contributed by atoms with E-state index in [4.69, 9.17) is 16.3 Å². The van der Waals surface area contributed by atoms with Crippen molar-refractivity contribution in [3.05, 3.63) is 29.3 Å². The number of esters is 1. The standard InChI is InChI=1S/C19H25ClN2O4/c20-15-9-4-5-10-16(15)22-18(24)13-26-19(25)12-6-11-17(23)21-14-7-2-1-3-8-14/h4-5,9-10,14H,1-3,6-8,11-13H2,(H,21,23)(H,22,24). The van der Waals surface area contributed by atoms with Gasteiger partial charge in [0.15, 0.2) is 6.61 Å². The third-order valence-electron chi connectivity index (χ3n) is 4.27. The van der Waals surface area contributed by atoms with Crippen molar-refractivity contribution >= 4 is 35.1 Å². The lowest BCUT2D eigenvalue weighted by Gasteiger charge is -2.22. The van der Waals surface area contributed by atoms with Gasteiger partial charge in [-0.05, 0) is 31.4 Å². The lowest BCUT2D eigenvalue weighted by molar-refractivity contribution is -0.147. The minimum absolute atomic E-state index is 0.0267. The van der Waals surface area contributed by atoms with E-state index in [1.807, 2.05) is 0 Å². The number of nitrogens with one attached hydrogen (secondary N) is 2. The predicted molar refractivity (Wildman–Crippen MR) is 99.9 cm³/mol. The first-order chi connectivity index (χ1) is 12.5. The molecule has 6 nitrogen and oxygen atoms in total. The van der Waals surface area contributed by atoms with E-state index < -0.39 is 11.9 Å². The van der Waals surface area contributed by atoms with Gasteiger partial charge in [-0.3, -0.25) is 14.4 Å². The van der Waals surface area contributed by atoms with Crippen molar-refractivity contribution in [1.82, 2.24) is 5.32 Å². The second-order valence-electron chi connectivity index (χ2n) is 6.44. The summed E-state index contributed by atoms with van der Waals surface area (Å²) in [4.78, 5) is 35.3. The molecule has 7 heteroatoms. The molecule has 0 spiro atoms. The Kier molecular flexibility index (Phi) is 8.41. The fraction of sp³-hybridized carbons (Fsp3) is 0.526. The number of amides is 2. The summed E-state index contributed by atoms with van der Waals surface area (Å²) in [6.07, 6.45) is 6.43. The second-order valence-corrected chi connectivity index (χ2v) is 6.85. The molecule has 0 atom stereocenters. The van der Waals surface area contributed by atoms with Gasteiger partial charge in [0.25, 0.3) is 5.91 Å². The van der Waals surface area contributed by atoms with E-state index in [1.54, 1.807) is 24.3 Å². The van der Waals surface area contributed by atoms with Crippen molar-refractivity contribution in [3.8, 4) is 0 Å². The molecule has 0 unspecified atom stereocenters. The Morgan fingerprint density at radius 2 is 1.77 bits per heavy atom. The van der Waals surface area contributed by atoms with E-state index >= 15 is 0 Å². The van der Waals surface area contributed by atoms with E-state index in [-0.39, 0.29) is 31.4 Å². The zero-order valence-corrected chi connectivity index (χ0v) is 15.5. The van der Waals surface area contributed by atoms with Crippen molar-refractivity contribution in [2.24, 2.45) is 0 Å². The Morgan fingerprint density at radius 3 is 2.50 bits per heavy atom. The highest BCUT2D eigenvalue weighted by Crippen LogP contribution is 2.20. The van der Waals surface area contributed by atoms with Gasteiger partial charge in [0, 0.05) is 18.9 Å². The van der Waals surface area contributed by atoms with Crippen molar-refractivity contribution in [3.63, 3.8) is 0 Å². The quantitative estimate of drug-likeness (QED) is 0.676. The normalized spacial score (nSPS) is 14.5. The van der Waals surface area contributed by atoms with Gasteiger partial charge in [-0.25, -0.2) is 0 Å². The van der Waals surface area contributed by atoms with Gasteiger partial charge < -0.3 is 15.4 Å². The van der Waals surface area contributed by atoms with E-state index in [0.29, 0.717) is 17.1 Å². The Balaban J connectivity index is 1.57. The summed E-state index contributed by atoms with van der Waals surface area (Å²) in [7, 11) is 0. The summed E-state index contributed by atoms with van der Waals surface area (Å²) in [5.41, 5.74) is 0.467. The molecular formula is C19H25ClN2O4. The van der Waals surface area contributed by atoms with Gasteiger partial charge in [-0.1, -0.05) is 43.0 Å². The number of rotatable bonds is 8. The monoisotopic (exact) mass is 380 g/mol. The smallest absolute Gasteiger partial charge is 0.306 e. The summed E-state index contributed by atoms with van der Waals surface area (Å²) in [6.45, 7) is -0.377. The van der Waals surface area contributed by atoms with E-state index in [9.17, 15) is 14.4 Å². The van der Waals surface area contributed by atoms with Gasteiger partial charge in [0.05, 0.1) is 10.7 Å². The molecule has 1 aliphatic carbocycles. The van der Waals surface area contributed by atoms with Gasteiger partial charge in [-0.15, -0.1) is 0 Å². The number of benzene rings is 1. The topological polar surface area (TPSA) is 84.5 Å². The Labute approximate surface area is 158 Å². The number of hydrogen-bond acceptors (Lipinski definition) is 4. The lowest BCUT2D eigenvalue weighted by Crippen LogP contribution is -2.36. The number of hydrogen-bond donors (Lipinski definition) is 2. The summed E-state index contributed by atoms with van der Waals surface area (Å²) < 4.78 is 4.92. The third-order valence-corrected chi connectivity index (χ3v) is 4.60. The van der Waals surface area contributed by atoms with Crippen LogP contribution in [0.2, 0.25) is 5.02 Å². The Bertz CT molecular complexity index is 630. The summed E-state index contributed by atoms with van der Waals surface area (Å²) in [5, 5.41) is 5.99. The summed E-state index contributed by atoms with van der Waals surface area (Å²) in [6, 6.07) is 7.08. The maximum Gasteiger partial charge on any atom is 0.306 e. The van der Waals surface area contributed by atoms with Crippen LogP contribution >= 0.6 is 11.6 Å². The minimum atomic E-state index is -0.496. The maximum absolute atomic E-state index is 11.9. The number of para-hydroxylation sites is 1. The SMILES string of the molecule is O=C(COC(=O)CCCC(=O)NC1CCCCC1)Nc1ccccc1Cl. The van der Waals surface area contributed by atoms with Crippen LogP contribution in [0, 0.1) is 0 Å². The molecule has 1 fully saturated rings. The van der Waals surface area contributed by atoms with Crippen LogP contribution in [0.1, 0.15) is 51.4 Å². The lowest BCUT2D eigenvalue weighted by atomic mass is 9.95. The third kappa shape index (κ3) is 7.44. The van der Waals surface area contributed by atoms with Crippen LogP contribution in [0.15, 0.2) is 24.3 Å². The van der Waals surface area contributed by atoms with Crippen LogP contribution < -0.4 is 10.6 Å². The molecule has 2 N–H and O–H groups in total. The number of carbonyl (C=O) groups is 3. The highest BCUT2D eigenvalue weighted by atomic mass is 35.5. The molecule has 0 aromatic heterocycles. The molecule has 0 aliphatic heterocycles. The first-order valence-electron chi connectivity index (χ1n) is 9.04. The van der Waals surface area contributed by atoms with Gasteiger partial charge >= 0.3 is 5.97 Å². The first-order valence-corrected chi connectivity index (χ1v) is 9.42. The van der Waals surface area contributed by atoms with Crippen molar-refractivity contribution in [2.45, 2.75) is 57.4 Å². The fourth-order valence-corrected chi connectivity index (χ4v) is 3.09. The van der Waals surface area contributed by atoms with Gasteiger partial charge in [0.1, 0.15) is 0 Å². The van der Waals surface area contributed by atoms with Crippen molar-refractivity contribution < 1.29 is 19.1 Å². The first kappa shape index (κ1) is 20.2. The highest BCUT2D eigenvalue weighted by molar-refractivity contribution is 6.33. The zero-order chi connectivity index (χ0) is 18.8. The molecule has 0 saturated heterocycles. The molecule has 26 heavy (non-hydrogen) atoms. The molecule has 0 radical (unpaired) electrons. The molecule has 2 rings (SSSR count). The van der Waals surface area contributed by atoms with Crippen LogP contribution in [0.25, 0.3) is 0 Å². The minimum Gasteiger partial charge on any atom is -0.456 e. The van der Waals surface area contributed by atoms with Crippen molar-refractivity contribution in [1.29, 1.82) is 0 Å².